The molecule has 0 aromatic rings. The van der Waals surface area contributed by atoms with Crippen molar-refractivity contribution in [2.24, 2.45) is 5.92 Å². The van der Waals surface area contributed by atoms with Gasteiger partial charge >= 0.3 is 7.12 Å². The standard InChI is InChI=1S/C16H23BF2O3/c1-10-8-13-11(16(18,19)6-7-20-13)9-12(10)17-21-14(2,3)15(4,5)22-17/h8-10,12H,6-7H2,1-5H3. The predicted molar refractivity (Wildman–Crippen MR) is 80.7 cm³/mol. The molecule has 0 aromatic carbocycles. The van der Waals surface area contributed by atoms with Crippen LogP contribution in [0.4, 0.5) is 8.78 Å². The van der Waals surface area contributed by atoms with E-state index in [1.165, 1.54) is 0 Å². The van der Waals surface area contributed by atoms with E-state index in [2.05, 4.69) is 0 Å². The molecule has 2 saturated heterocycles. The fourth-order valence-corrected chi connectivity index (χ4v) is 3.09. The molecular weight excluding hydrogens is 289 g/mol. The van der Waals surface area contributed by atoms with E-state index in [0.717, 1.165) is 0 Å². The maximum absolute atomic E-state index is 14.2. The monoisotopic (exact) mass is 312 g/mol. The first-order valence-corrected chi connectivity index (χ1v) is 7.84. The average Bonchev–Trinajstić information content (AvgIpc) is 2.57. The highest BCUT2D eigenvalue weighted by Gasteiger charge is 2.55. The maximum Gasteiger partial charge on any atom is 0.465 e. The molecule has 2 fully saturated rings. The Labute approximate surface area is 130 Å². The largest absolute Gasteiger partial charge is 0.493 e. The van der Waals surface area contributed by atoms with Crippen molar-refractivity contribution in [3.05, 3.63) is 23.5 Å². The highest BCUT2D eigenvalue weighted by Crippen LogP contribution is 2.48. The Morgan fingerprint density at radius 2 is 1.68 bits per heavy atom. The van der Waals surface area contributed by atoms with E-state index in [9.17, 15) is 8.78 Å². The van der Waals surface area contributed by atoms with Crippen molar-refractivity contribution in [2.45, 2.75) is 64.0 Å². The Morgan fingerprint density at radius 1 is 1.09 bits per heavy atom. The van der Waals surface area contributed by atoms with Gasteiger partial charge < -0.3 is 14.0 Å². The van der Waals surface area contributed by atoms with E-state index < -0.39 is 24.2 Å². The number of allylic oxidation sites excluding steroid dienone is 3. The summed E-state index contributed by atoms with van der Waals surface area (Å²) in [6.07, 6.45) is 3.10. The van der Waals surface area contributed by atoms with Crippen molar-refractivity contribution < 1.29 is 22.8 Å². The van der Waals surface area contributed by atoms with Gasteiger partial charge in [-0.25, -0.2) is 8.78 Å². The smallest absolute Gasteiger partial charge is 0.465 e. The summed E-state index contributed by atoms with van der Waals surface area (Å²) in [5.41, 5.74) is -0.951. The zero-order valence-electron chi connectivity index (χ0n) is 13.8. The molecule has 0 spiro atoms. The molecule has 0 aromatic heterocycles. The number of halogens is 2. The summed E-state index contributed by atoms with van der Waals surface area (Å²) in [4.78, 5) is 0. The van der Waals surface area contributed by atoms with E-state index in [1.807, 2.05) is 34.6 Å². The fourth-order valence-electron chi connectivity index (χ4n) is 3.09. The average molecular weight is 312 g/mol. The third kappa shape index (κ3) is 2.40. The second-order valence-electron chi connectivity index (χ2n) is 7.48. The van der Waals surface area contributed by atoms with Crippen molar-refractivity contribution in [2.75, 3.05) is 6.61 Å². The Bertz CT molecular complexity index is 524. The predicted octanol–water partition coefficient (Wildman–Crippen LogP) is 3.96. The molecular formula is C16H23BF2O3. The van der Waals surface area contributed by atoms with E-state index in [0.29, 0.717) is 5.76 Å². The minimum atomic E-state index is -2.84. The SMILES string of the molecule is CC1C=C2OCCC(F)(F)C2=CC1B1OC(C)(C)C(C)(C)O1. The molecule has 0 saturated carbocycles. The first-order chi connectivity index (χ1) is 10.0. The van der Waals surface area contributed by atoms with Crippen molar-refractivity contribution in [3.8, 4) is 0 Å². The number of fused-ring (bicyclic) bond motifs is 1. The van der Waals surface area contributed by atoms with Gasteiger partial charge in [-0.3, -0.25) is 0 Å². The molecule has 1 aliphatic carbocycles. The lowest BCUT2D eigenvalue weighted by molar-refractivity contribution is -0.0205. The Morgan fingerprint density at radius 3 is 2.27 bits per heavy atom. The number of rotatable bonds is 1. The van der Waals surface area contributed by atoms with E-state index in [4.69, 9.17) is 14.0 Å². The summed E-state index contributed by atoms with van der Waals surface area (Å²) in [5.74, 6) is -2.75. The highest BCUT2D eigenvalue weighted by molar-refractivity contribution is 6.48. The Kier molecular flexibility index (Phi) is 3.50. The van der Waals surface area contributed by atoms with Crippen molar-refractivity contribution in [3.63, 3.8) is 0 Å². The van der Waals surface area contributed by atoms with Gasteiger partial charge in [-0.05, 0) is 39.7 Å². The molecule has 0 bridgehead atoms. The van der Waals surface area contributed by atoms with Crippen LogP contribution in [0.2, 0.25) is 5.82 Å². The van der Waals surface area contributed by atoms with Gasteiger partial charge in [0.2, 0.25) is 0 Å². The van der Waals surface area contributed by atoms with Crippen molar-refractivity contribution in [1.82, 2.24) is 0 Å². The lowest BCUT2D eigenvalue weighted by Crippen LogP contribution is -2.41. The van der Waals surface area contributed by atoms with Crippen LogP contribution in [0, 0.1) is 5.92 Å². The molecule has 0 N–H and O–H groups in total. The second-order valence-corrected chi connectivity index (χ2v) is 7.48. The van der Waals surface area contributed by atoms with Gasteiger partial charge in [0.25, 0.3) is 5.92 Å². The Balaban J connectivity index is 1.90. The van der Waals surface area contributed by atoms with Crippen LogP contribution in [0.3, 0.4) is 0 Å². The first kappa shape index (κ1) is 16.0. The van der Waals surface area contributed by atoms with Crippen LogP contribution in [-0.4, -0.2) is 30.8 Å². The molecule has 2 heterocycles. The Hall–Kier alpha value is -0.875. The summed E-state index contributed by atoms with van der Waals surface area (Å²) in [5, 5.41) is 0. The van der Waals surface area contributed by atoms with Crippen LogP contribution >= 0.6 is 0 Å². The number of hydrogen-bond acceptors (Lipinski definition) is 3. The number of hydrogen-bond donors (Lipinski definition) is 0. The molecule has 3 nitrogen and oxygen atoms in total. The van der Waals surface area contributed by atoms with Gasteiger partial charge in [-0.2, -0.15) is 0 Å². The highest BCUT2D eigenvalue weighted by atomic mass is 19.3. The molecule has 22 heavy (non-hydrogen) atoms. The van der Waals surface area contributed by atoms with Crippen LogP contribution in [0.1, 0.15) is 41.0 Å². The number of alkyl halides is 2. The topological polar surface area (TPSA) is 27.7 Å². The lowest BCUT2D eigenvalue weighted by atomic mass is 9.62. The summed E-state index contributed by atoms with van der Waals surface area (Å²) in [6, 6.07) is 0. The summed E-state index contributed by atoms with van der Waals surface area (Å²) >= 11 is 0. The van der Waals surface area contributed by atoms with Gasteiger partial charge in [-0.1, -0.05) is 13.0 Å². The van der Waals surface area contributed by atoms with Crippen LogP contribution in [0.15, 0.2) is 23.5 Å². The quantitative estimate of drug-likeness (QED) is 0.686. The van der Waals surface area contributed by atoms with Crippen molar-refractivity contribution >= 4 is 7.12 Å². The third-order valence-corrected chi connectivity index (χ3v) is 5.30. The normalized spacial score (nSPS) is 35.3. The molecule has 6 heteroatoms. The molecule has 2 atom stereocenters. The summed E-state index contributed by atoms with van der Waals surface area (Å²) < 4.78 is 45.8. The zero-order chi connectivity index (χ0) is 16.3. The van der Waals surface area contributed by atoms with Gasteiger partial charge in [0.15, 0.2) is 0 Å². The molecule has 2 unspecified atom stereocenters. The van der Waals surface area contributed by atoms with Crippen molar-refractivity contribution in [1.29, 1.82) is 0 Å². The summed E-state index contributed by atoms with van der Waals surface area (Å²) in [7, 11) is -0.525. The fraction of sp³-hybridized carbons (Fsp3) is 0.750. The molecule has 0 amide bonds. The lowest BCUT2D eigenvalue weighted by Gasteiger charge is -2.34. The summed E-state index contributed by atoms with van der Waals surface area (Å²) in [6.45, 7) is 9.90. The van der Waals surface area contributed by atoms with Crippen LogP contribution in [-0.2, 0) is 14.0 Å². The number of ether oxygens (including phenoxy) is 1. The molecule has 3 aliphatic rings. The van der Waals surface area contributed by atoms with Crippen LogP contribution in [0.5, 0.6) is 0 Å². The molecule has 0 radical (unpaired) electrons. The van der Waals surface area contributed by atoms with E-state index in [-0.39, 0.29) is 30.3 Å². The second kappa shape index (κ2) is 4.81. The minimum absolute atomic E-state index is 0.0161. The zero-order valence-corrected chi connectivity index (χ0v) is 13.8. The maximum atomic E-state index is 14.2. The third-order valence-electron chi connectivity index (χ3n) is 5.30. The first-order valence-electron chi connectivity index (χ1n) is 7.84. The van der Waals surface area contributed by atoms with Crippen LogP contribution < -0.4 is 0 Å². The van der Waals surface area contributed by atoms with E-state index in [1.54, 1.807) is 12.2 Å². The molecule has 2 aliphatic heterocycles. The van der Waals surface area contributed by atoms with Gasteiger partial charge in [0.05, 0.1) is 29.8 Å². The molecule has 3 rings (SSSR count). The molecule has 122 valence electrons. The van der Waals surface area contributed by atoms with Crippen LogP contribution in [0.25, 0.3) is 0 Å². The van der Waals surface area contributed by atoms with E-state index >= 15 is 0 Å². The van der Waals surface area contributed by atoms with Gasteiger partial charge in [0.1, 0.15) is 5.76 Å². The van der Waals surface area contributed by atoms with Gasteiger partial charge in [-0.15, -0.1) is 0 Å². The minimum Gasteiger partial charge on any atom is -0.493 e. The van der Waals surface area contributed by atoms with Gasteiger partial charge in [0, 0.05) is 5.82 Å².